The van der Waals surface area contributed by atoms with Gasteiger partial charge in [-0.05, 0) is 54.1 Å². The normalized spacial score (nSPS) is 10.8. The molecule has 0 radical (unpaired) electrons. The zero-order valence-electron chi connectivity index (χ0n) is 16.8. The van der Waals surface area contributed by atoms with Crippen molar-refractivity contribution in [2.75, 3.05) is 7.11 Å². The predicted molar refractivity (Wildman–Crippen MR) is 113 cm³/mol. The molecule has 0 fully saturated rings. The van der Waals surface area contributed by atoms with Gasteiger partial charge in [0.15, 0.2) is 5.65 Å². The molecule has 2 aromatic heterocycles. The SMILES string of the molecule is COc1ccc(-n2c(=O)c(C(=O)NCc3cc(F)cc(F)c3)c(O)c3cccnc32)cc1. The highest BCUT2D eigenvalue weighted by Crippen LogP contribution is 2.27. The Morgan fingerprint density at radius 2 is 1.81 bits per heavy atom. The quantitative estimate of drug-likeness (QED) is 0.500. The average molecular weight is 437 g/mol. The highest BCUT2D eigenvalue weighted by molar-refractivity contribution is 6.02. The van der Waals surface area contributed by atoms with E-state index in [4.69, 9.17) is 4.74 Å². The first kappa shape index (κ1) is 21.0. The third-order valence-electron chi connectivity index (χ3n) is 4.84. The summed E-state index contributed by atoms with van der Waals surface area (Å²) in [7, 11) is 1.51. The lowest BCUT2D eigenvalue weighted by molar-refractivity contribution is 0.0946. The number of hydrogen-bond donors (Lipinski definition) is 2. The molecule has 1 amide bonds. The number of pyridine rings is 2. The fourth-order valence-electron chi connectivity index (χ4n) is 3.36. The number of hydrogen-bond acceptors (Lipinski definition) is 5. The molecule has 32 heavy (non-hydrogen) atoms. The van der Waals surface area contributed by atoms with Gasteiger partial charge in [-0.3, -0.25) is 14.2 Å². The number of benzene rings is 2. The third kappa shape index (κ3) is 3.87. The van der Waals surface area contributed by atoms with Crippen LogP contribution in [0.5, 0.6) is 11.5 Å². The minimum absolute atomic E-state index is 0.156. The van der Waals surface area contributed by atoms with Crippen LogP contribution >= 0.6 is 0 Å². The second kappa shape index (κ2) is 8.46. The van der Waals surface area contributed by atoms with Gasteiger partial charge in [0.1, 0.15) is 28.7 Å². The first-order chi connectivity index (χ1) is 15.4. The van der Waals surface area contributed by atoms with Crippen LogP contribution in [0, 0.1) is 11.6 Å². The molecule has 0 aliphatic rings. The van der Waals surface area contributed by atoms with Gasteiger partial charge in [-0.25, -0.2) is 13.8 Å². The smallest absolute Gasteiger partial charge is 0.273 e. The number of rotatable bonds is 5. The van der Waals surface area contributed by atoms with Crippen molar-refractivity contribution in [1.82, 2.24) is 14.9 Å². The minimum Gasteiger partial charge on any atom is -0.506 e. The lowest BCUT2D eigenvalue weighted by Crippen LogP contribution is -2.33. The molecule has 0 aliphatic carbocycles. The Balaban J connectivity index is 1.80. The van der Waals surface area contributed by atoms with Crippen molar-refractivity contribution in [3.63, 3.8) is 0 Å². The van der Waals surface area contributed by atoms with Gasteiger partial charge in [0, 0.05) is 18.8 Å². The number of carbonyl (C=O) groups excluding carboxylic acids is 1. The molecule has 0 spiro atoms. The molecule has 162 valence electrons. The molecule has 4 rings (SSSR count). The number of ether oxygens (including phenoxy) is 1. The van der Waals surface area contributed by atoms with Gasteiger partial charge in [-0.15, -0.1) is 0 Å². The molecule has 7 nitrogen and oxygen atoms in total. The molecule has 2 aromatic carbocycles. The summed E-state index contributed by atoms with van der Waals surface area (Å²) < 4.78 is 33.2. The van der Waals surface area contributed by atoms with Gasteiger partial charge in [0.2, 0.25) is 0 Å². The predicted octanol–water partition coefficient (Wildman–Crippen LogP) is 3.31. The number of methoxy groups -OCH3 is 1. The van der Waals surface area contributed by atoms with E-state index in [-0.39, 0.29) is 23.1 Å². The fraction of sp³-hybridized carbons (Fsp3) is 0.0870. The van der Waals surface area contributed by atoms with E-state index in [2.05, 4.69) is 10.3 Å². The topological polar surface area (TPSA) is 93.5 Å². The average Bonchev–Trinajstić information content (AvgIpc) is 2.78. The van der Waals surface area contributed by atoms with E-state index in [1.165, 1.54) is 23.9 Å². The number of aromatic nitrogens is 2. The highest BCUT2D eigenvalue weighted by atomic mass is 19.1. The van der Waals surface area contributed by atoms with Crippen LogP contribution in [0.2, 0.25) is 0 Å². The summed E-state index contributed by atoms with van der Waals surface area (Å²) in [5, 5.41) is 13.3. The Bertz CT molecular complexity index is 1360. The van der Waals surface area contributed by atoms with Crippen LogP contribution < -0.4 is 15.6 Å². The maximum Gasteiger partial charge on any atom is 0.273 e. The number of fused-ring (bicyclic) bond motifs is 1. The molecule has 9 heteroatoms. The zero-order chi connectivity index (χ0) is 22.8. The number of nitrogens with one attached hydrogen (secondary N) is 1. The standard InChI is InChI=1S/C23H17F2N3O4/c1-32-17-6-4-16(5-7-17)28-21-18(3-2-8-26-21)20(29)19(23(28)31)22(30)27-12-13-9-14(24)11-15(25)10-13/h2-11,29H,12H2,1H3,(H,27,30). The van der Waals surface area contributed by atoms with Gasteiger partial charge < -0.3 is 15.2 Å². The third-order valence-corrected chi connectivity index (χ3v) is 4.84. The summed E-state index contributed by atoms with van der Waals surface area (Å²) >= 11 is 0. The summed E-state index contributed by atoms with van der Waals surface area (Å²) in [5.74, 6) is -2.46. The molecule has 0 atom stereocenters. The Morgan fingerprint density at radius 1 is 1.12 bits per heavy atom. The number of nitrogens with zero attached hydrogens (tertiary/aromatic N) is 2. The Kier molecular flexibility index (Phi) is 5.55. The van der Waals surface area contributed by atoms with Crippen LogP contribution in [-0.4, -0.2) is 27.7 Å². The van der Waals surface area contributed by atoms with Crippen molar-refractivity contribution in [3.05, 3.63) is 93.9 Å². The molecular formula is C23H17F2N3O4. The minimum atomic E-state index is -0.898. The van der Waals surface area contributed by atoms with Gasteiger partial charge in [0.25, 0.3) is 11.5 Å². The van der Waals surface area contributed by atoms with E-state index >= 15 is 0 Å². The molecule has 4 aromatic rings. The Labute approximate surface area is 180 Å². The second-order valence-electron chi connectivity index (χ2n) is 6.90. The molecule has 0 aliphatic heterocycles. The lowest BCUT2D eigenvalue weighted by Gasteiger charge is -2.14. The zero-order valence-corrected chi connectivity index (χ0v) is 16.8. The number of amides is 1. The maximum atomic E-state index is 13.4. The first-order valence-corrected chi connectivity index (χ1v) is 9.49. The molecule has 0 unspecified atom stereocenters. The van der Waals surface area contributed by atoms with Crippen LogP contribution in [-0.2, 0) is 6.54 Å². The van der Waals surface area contributed by atoms with Crippen molar-refractivity contribution in [2.24, 2.45) is 0 Å². The van der Waals surface area contributed by atoms with Crippen LogP contribution in [0.15, 0.2) is 65.6 Å². The monoisotopic (exact) mass is 437 g/mol. The summed E-state index contributed by atoms with van der Waals surface area (Å²) in [6, 6.07) is 12.4. The molecule has 2 heterocycles. The van der Waals surface area contributed by atoms with Crippen molar-refractivity contribution < 1.29 is 23.4 Å². The van der Waals surface area contributed by atoms with E-state index in [0.717, 1.165) is 12.1 Å². The summed E-state index contributed by atoms with van der Waals surface area (Å²) in [6.07, 6.45) is 1.46. The number of halogens is 2. The van der Waals surface area contributed by atoms with E-state index in [1.54, 1.807) is 30.3 Å². The first-order valence-electron chi connectivity index (χ1n) is 9.49. The largest absolute Gasteiger partial charge is 0.506 e. The van der Waals surface area contributed by atoms with Gasteiger partial charge >= 0.3 is 0 Å². The van der Waals surface area contributed by atoms with Crippen LogP contribution in [0.1, 0.15) is 15.9 Å². The fourth-order valence-corrected chi connectivity index (χ4v) is 3.36. The highest BCUT2D eigenvalue weighted by Gasteiger charge is 2.23. The van der Waals surface area contributed by atoms with Crippen molar-refractivity contribution in [1.29, 1.82) is 0 Å². The van der Waals surface area contributed by atoms with Crippen molar-refractivity contribution in [3.8, 4) is 17.2 Å². The van der Waals surface area contributed by atoms with E-state index in [9.17, 15) is 23.5 Å². The molecule has 0 saturated carbocycles. The van der Waals surface area contributed by atoms with E-state index < -0.39 is 34.4 Å². The van der Waals surface area contributed by atoms with Crippen molar-refractivity contribution in [2.45, 2.75) is 6.54 Å². The Hall–Kier alpha value is -4.27. The van der Waals surface area contributed by atoms with Crippen LogP contribution in [0.4, 0.5) is 8.78 Å². The van der Waals surface area contributed by atoms with Gasteiger partial charge in [0.05, 0.1) is 18.2 Å². The van der Waals surface area contributed by atoms with E-state index in [0.29, 0.717) is 17.5 Å². The second-order valence-corrected chi connectivity index (χ2v) is 6.90. The molecule has 0 bridgehead atoms. The number of aromatic hydroxyl groups is 1. The molecular weight excluding hydrogens is 420 g/mol. The van der Waals surface area contributed by atoms with Gasteiger partial charge in [-0.1, -0.05) is 0 Å². The molecule has 0 saturated heterocycles. The summed E-state index contributed by atoms with van der Waals surface area (Å²) in [6.45, 7) is -0.250. The lowest BCUT2D eigenvalue weighted by atomic mass is 10.1. The summed E-state index contributed by atoms with van der Waals surface area (Å²) in [4.78, 5) is 30.3. The summed E-state index contributed by atoms with van der Waals surface area (Å²) in [5.41, 5.74) is -0.599. The van der Waals surface area contributed by atoms with E-state index in [1.807, 2.05) is 0 Å². The number of carbonyl (C=O) groups is 1. The molecule has 2 N–H and O–H groups in total. The van der Waals surface area contributed by atoms with Crippen molar-refractivity contribution >= 4 is 16.9 Å². The van der Waals surface area contributed by atoms with Crippen LogP contribution in [0.25, 0.3) is 16.7 Å². The van der Waals surface area contributed by atoms with Gasteiger partial charge in [-0.2, -0.15) is 0 Å². The maximum absolute atomic E-state index is 13.4. The Morgan fingerprint density at radius 3 is 2.47 bits per heavy atom. The van der Waals surface area contributed by atoms with Crippen LogP contribution in [0.3, 0.4) is 0 Å².